The summed E-state index contributed by atoms with van der Waals surface area (Å²) in [4.78, 5) is 0. The summed E-state index contributed by atoms with van der Waals surface area (Å²) in [6, 6.07) is 7.18. The zero-order chi connectivity index (χ0) is 10.8. The molecule has 0 unspecified atom stereocenters. The monoisotopic (exact) mass is 240 g/mol. The molecule has 0 N–H and O–H groups in total. The van der Waals surface area contributed by atoms with Crippen LogP contribution in [0.3, 0.4) is 0 Å². The highest BCUT2D eigenvalue weighted by Crippen LogP contribution is 2.38. The molecule has 0 nitrogen and oxygen atoms in total. The van der Waals surface area contributed by atoms with Crippen LogP contribution in [0, 0.1) is 0 Å². The average molecular weight is 241 g/mol. The molecule has 1 aromatic rings. The fourth-order valence-corrected chi connectivity index (χ4v) is 1.42. The maximum atomic E-state index is 12.4. The molecule has 0 saturated heterocycles. The van der Waals surface area contributed by atoms with Crippen molar-refractivity contribution >= 4 is 28.8 Å². The molecule has 5 heteroatoms. The maximum absolute atomic E-state index is 12.4. The minimum absolute atomic E-state index is 0.0417. The molecule has 1 rings (SSSR count). The van der Waals surface area contributed by atoms with Crippen molar-refractivity contribution in [1.82, 2.24) is 0 Å². The van der Waals surface area contributed by atoms with E-state index >= 15 is 0 Å². The Labute approximate surface area is 88.9 Å². The van der Waals surface area contributed by atoms with Crippen molar-refractivity contribution in [3.05, 3.63) is 40.4 Å². The topological polar surface area (TPSA) is 0 Å². The Balaban J connectivity index is 3.24. The Morgan fingerprint density at radius 1 is 1.00 bits per heavy atom. The molecule has 0 aliphatic rings. The number of alkyl halides is 3. The lowest BCUT2D eigenvalue weighted by Crippen LogP contribution is -2.11. The lowest BCUT2D eigenvalue weighted by atomic mass is 10.1. The van der Waals surface area contributed by atoms with Gasteiger partial charge < -0.3 is 0 Å². The summed E-state index contributed by atoms with van der Waals surface area (Å²) in [7, 11) is 0. The van der Waals surface area contributed by atoms with Crippen LogP contribution in [0.1, 0.15) is 5.56 Å². The van der Waals surface area contributed by atoms with Gasteiger partial charge in [0.15, 0.2) is 0 Å². The zero-order valence-electron chi connectivity index (χ0n) is 6.78. The third kappa shape index (κ3) is 2.66. The Hall–Kier alpha value is -0.670. The zero-order valence-corrected chi connectivity index (χ0v) is 8.29. The summed E-state index contributed by atoms with van der Waals surface area (Å²) in [6.07, 6.45) is -4.54. The first kappa shape index (κ1) is 11.4. The van der Waals surface area contributed by atoms with Gasteiger partial charge in [0.25, 0.3) is 0 Å². The van der Waals surface area contributed by atoms with E-state index in [2.05, 4.69) is 0 Å². The first-order valence-electron chi connectivity index (χ1n) is 3.61. The molecule has 0 spiro atoms. The fourth-order valence-electron chi connectivity index (χ4n) is 0.985. The number of benzene rings is 1. The van der Waals surface area contributed by atoms with Crippen LogP contribution in [0.5, 0.6) is 0 Å². The van der Waals surface area contributed by atoms with Gasteiger partial charge in [-0.15, -0.1) is 0 Å². The number of halogens is 5. The molecule has 14 heavy (non-hydrogen) atoms. The fraction of sp³-hybridized carbons (Fsp3) is 0.111. The van der Waals surface area contributed by atoms with Crippen LogP contribution >= 0.6 is 23.2 Å². The lowest BCUT2D eigenvalue weighted by molar-refractivity contribution is -0.0689. The van der Waals surface area contributed by atoms with Gasteiger partial charge in [-0.2, -0.15) is 13.2 Å². The Kier molecular flexibility index (Phi) is 3.45. The van der Waals surface area contributed by atoms with Crippen molar-refractivity contribution in [1.29, 1.82) is 0 Å². The van der Waals surface area contributed by atoms with E-state index in [0.29, 0.717) is 0 Å². The van der Waals surface area contributed by atoms with Crippen LogP contribution in [-0.2, 0) is 0 Å². The van der Waals surface area contributed by atoms with Crippen LogP contribution in [0.25, 0.3) is 5.57 Å². The molecular formula is C9H5Cl2F3. The maximum Gasteiger partial charge on any atom is 0.419 e. The molecular weight excluding hydrogens is 236 g/mol. The number of rotatable bonds is 1. The summed E-state index contributed by atoms with van der Waals surface area (Å²) in [6.45, 7) is 0. The molecule has 0 aromatic heterocycles. The van der Waals surface area contributed by atoms with Gasteiger partial charge >= 0.3 is 6.18 Å². The summed E-state index contributed by atoms with van der Waals surface area (Å²) in [5.74, 6) is 0. The van der Waals surface area contributed by atoms with E-state index in [9.17, 15) is 13.2 Å². The summed E-state index contributed by atoms with van der Waals surface area (Å²) >= 11 is 10.4. The molecule has 0 aliphatic heterocycles. The summed E-state index contributed by atoms with van der Waals surface area (Å²) in [5, 5.41) is 0. The molecule has 0 radical (unpaired) electrons. The number of hydrogen-bond acceptors (Lipinski definition) is 0. The minimum atomic E-state index is -4.54. The summed E-state index contributed by atoms with van der Waals surface area (Å²) < 4.78 is 36.5. The van der Waals surface area contributed by atoms with E-state index in [1.807, 2.05) is 0 Å². The van der Waals surface area contributed by atoms with Crippen LogP contribution < -0.4 is 0 Å². The molecule has 0 amide bonds. The molecule has 0 heterocycles. The van der Waals surface area contributed by atoms with Gasteiger partial charge in [-0.05, 0) is 5.56 Å². The van der Waals surface area contributed by atoms with Gasteiger partial charge in [0.05, 0.1) is 5.57 Å². The van der Waals surface area contributed by atoms with Crippen molar-refractivity contribution in [2.45, 2.75) is 6.18 Å². The van der Waals surface area contributed by atoms with Crippen LogP contribution in [0.15, 0.2) is 34.8 Å². The van der Waals surface area contributed by atoms with E-state index < -0.39 is 16.2 Å². The predicted molar refractivity (Wildman–Crippen MR) is 51.1 cm³/mol. The molecule has 0 atom stereocenters. The first-order valence-corrected chi connectivity index (χ1v) is 4.36. The van der Waals surface area contributed by atoms with Gasteiger partial charge in [-0.1, -0.05) is 53.5 Å². The highest BCUT2D eigenvalue weighted by Gasteiger charge is 2.36. The van der Waals surface area contributed by atoms with Gasteiger partial charge in [0, 0.05) is 0 Å². The Bertz CT molecular complexity index is 337. The Morgan fingerprint density at radius 3 is 1.86 bits per heavy atom. The average Bonchev–Trinajstić information content (AvgIpc) is 2.02. The molecule has 0 fully saturated rings. The Morgan fingerprint density at radius 2 is 1.50 bits per heavy atom. The molecule has 76 valence electrons. The van der Waals surface area contributed by atoms with Gasteiger partial charge in [-0.3, -0.25) is 0 Å². The third-order valence-electron chi connectivity index (χ3n) is 1.53. The number of hydrogen-bond donors (Lipinski definition) is 0. The quantitative estimate of drug-likeness (QED) is 0.683. The van der Waals surface area contributed by atoms with Crippen molar-refractivity contribution < 1.29 is 13.2 Å². The predicted octanol–water partition coefficient (Wildman–Crippen LogP) is 4.40. The van der Waals surface area contributed by atoms with E-state index in [4.69, 9.17) is 23.2 Å². The number of allylic oxidation sites excluding steroid dienone is 1. The highest BCUT2D eigenvalue weighted by molar-refractivity contribution is 6.58. The largest absolute Gasteiger partial charge is 0.419 e. The third-order valence-corrected chi connectivity index (χ3v) is 1.91. The van der Waals surface area contributed by atoms with Crippen LogP contribution in [0.4, 0.5) is 13.2 Å². The lowest BCUT2D eigenvalue weighted by Gasteiger charge is -2.11. The van der Waals surface area contributed by atoms with E-state index in [1.165, 1.54) is 24.3 Å². The normalized spacial score (nSPS) is 11.2. The first-order chi connectivity index (χ1) is 6.43. The molecule has 0 saturated carbocycles. The van der Waals surface area contributed by atoms with Gasteiger partial charge in [-0.25, -0.2) is 0 Å². The van der Waals surface area contributed by atoms with Crippen molar-refractivity contribution in [2.24, 2.45) is 0 Å². The SMILES string of the molecule is FC(F)(F)C(=C(Cl)Cl)c1ccccc1. The van der Waals surface area contributed by atoms with E-state index in [1.54, 1.807) is 6.07 Å². The standard InChI is InChI=1S/C9H5Cl2F3/c10-8(11)7(9(12,13)14)6-4-2-1-3-5-6/h1-5H. The van der Waals surface area contributed by atoms with Crippen LogP contribution in [-0.4, -0.2) is 6.18 Å². The van der Waals surface area contributed by atoms with E-state index in [0.717, 1.165) is 0 Å². The second-order valence-corrected chi connectivity index (χ2v) is 3.45. The van der Waals surface area contributed by atoms with Crippen molar-refractivity contribution in [3.63, 3.8) is 0 Å². The molecule has 0 bridgehead atoms. The molecule has 0 aliphatic carbocycles. The van der Waals surface area contributed by atoms with Gasteiger partial charge in [0.2, 0.25) is 0 Å². The second-order valence-electron chi connectivity index (χ2n) is 2.50. The minimum Gasteiger partial charge on any atom is -0.166 e. The van der Waals surface area contributed by atoms with Crippen LogP contribution in [0.2, 0.25) is 0 Å². The van der Waals surface area contributed by atoms with Gasteiger partial charge in [0.1, 0.15) is 4.49 Å². The smallest absolute Gasteiger partial charge is 0.166 e. The molecule has 1 aromatic carbocycles. The van der Waals surface area contributed by atoms with Crippen molar-refractivity contribution in [2.75, 3.05) is 0 Å². The summed E-state index contributed by atoms with van der Waals surface area (Å²) in [5.41, 5.74) is -1.05. The highest BCUT2D eigenvalue weighted by atomic mass is 35.5. The van der Waals surface area contributed by atoms with E-state index in [-0.39, 0.29) is 5.56 Å². The second kappa shape index (κ2) is 4.24. The van der Waals surface area contributed by atoms with Crippen molar-refractivity contribution in [3.8, 4) is 0 Å².